The molecule has 3 heterocycles. The van der Waals surface area contributed by atoms with Gasteiger partial charge in [-0.05, 0) is 42.5 Å². The summed E-state index contributed by atoms with van der Waals surface area (Å²) in [6, 6.07) is 22.1. The molecule has 0 radical (unpaired) electrons. The molecular weight excluding hydrogens is 374 g/mol. The molecule has 6 heteroatoms. The molecule has 0 N–H and O–H groups in total. The summed E-state index contributed by atoms with van der Waals surface area (Å²) in [6.07, 6.45) is 5.36. The summed E-state index contributed by atoms with van der Waals surface area (Å²) >= 11 is 0. The van der Waals surface area contributed by atoms with Crippen LogP contribution < -0.4 is 4.74 Å². The average molecular weight is 393 g/mol. The standard InChI is InChI=1S/C24H19N5O/c1-29-15-21(19-12-13-25-26-14-19)24(28-29)16-30-20-9-6-18(7-10-20)23-11-8-17-4-2-3-5-22(17)27-23/h2-15H,16H2,1H3. The van der Waals surface area contributed by atoms with Crippen molar-refractivity contribution in [3.05, 3.63) is 91.0 Å². The van der Waals surface area contributed by atoms with Gasteiger partial charge in [-0.3, -0.25) is 4.68 Å². The molecule has 0 fully saturated rings. The second kappa shape index (κ2) is 7.75. The molecule has 146 valence electrons. The Kier molecular flexibility index (Phi) is 4.65. The zero-order valence-corrected chi connectivity index (χ0v) is 16.4. The Morgan fingerprint density at radius 1 is 0.867 bits per heavy atom. The third kappa shape index (κ3) is 3.63. The lowest BCUT2D eigenvalue weighted by atomic mass is 10.1. The maximum Gasteiger partial charge on any atom is 0.133 e. The first-order chi connectivity index (χ1) is 14.8. The van der Waals surface area contributed by atoms with Gasteiger partial charge < -0.3 is 4.74 Å². The van der Waals surface area contributed by atoms with Crippen LogP contribution in [0.2, 0.25) is 0 Å². The van der Waals surface area contributed by atoms with Crippen LogP contribution in [0.1, 0.15) is 5.69 Å². The third-order valence-electron chi connectivity index (χ3n) is 4.92. The number of nitrogens with zero attached hydrogens (tertiary/aromatic N) is 5. The van der Waals surface area contributed by atoms with Crippen molar-refractivity contribution >= 4 is 10.9 Å². The number of rotatable bonds is 5. The van der Waals surface area contributed by atoms with E-state index in [1.165, 1.54) is 0 Å². The van der Waals surface area contributed by atoms with Crippen LogP contribution in [-0.4, -0.2) is 25.0 Å². The average Bonchev–Trinajstić information content (AvgIpc) is 3.19. The van der Waals surface area contributed by atoms with Gasteiger partial charge in [-0.25, -0.2) is 4.98 Å². The first kappa shape index (κ1) is 18.0. The fourth-order valence-electron chi connectivity index (χ4n) is 3.43. The van der Waals surface area contributed by atoms with Gasteiger partial charge in [-0.2, -0.15) is 15.3 Å². The summed E-state index contributed by atoms with van der Waals surface area (Å²) < 4.78 is 7.78. The number of para-hydroxylation sites is 1. The Hall–Kier alpha value is -4.06. The van der Waals surface area contributed by atoms with Crippen LogP contribution in [0.25, 0.3) is 33.3 Å². The first-order valence-corrected chi connectivity index (χ1v) is 9.65. The van der Waals surface area contributed by atoms with Gasteiger partial charge in [0, 0.05) is 35.3 Å². The topological polar surface area (TPSA) is 65.7 Å². The molecule has 0 atom stereocenters. The van der Waals surface area contributed by atoms with Gasteiger partial charge in [0.25, 0.3) is 0 Å². The minimum atomic E-state index is 0.367. The number of aryl methyl sites for hydroxylation is 1. The van der Waals surface area contributed by atoms with Gasteiger partial charge in [-0.1, -0.05) is 24.3 Å². The summed E-state index contributed by atoms with van der Waals surface area (Å²) in [7, 11) is 1.90. The van der Waals surface area contributed by atoms with E-state index in [4.69, 9.17) is 9.72 Å². The van der Waals surface area contributed by atoms with Gasteiger partial charge in [0.2, 0.25) is 0 Å². The summed E-state index contributed by atoms with van der Waals surface area (Å²) in [5, 5.41) is 13.5. The predicted molar refractivity (Wildman–Crippen MR) is 116 cm³/mol. The first-order valence-electron chi connectivity index (χ1n) is 9.65. The van der Waals surface area contributed by atoms with Gasteiger partial charge in [0.1, 0.15) is 18.1 Å². The molecule has 3 aromatic heterocycles. The molecule has 0 saturated carbocycles. The summed E-state index contributed by atoms with van der Waals surface area (Å²) in [4.78, 5) is 4.75. The highest BCUT2D eigenvalue weighted by Gasteiger charge is 2.11. The van der Waals surface area contributed by atoms with E-state index in [1.54, 1.807) is 17.1 Å². The van der Waals surface area contributed by atoms with Crippen molar-refractivity contribution in [2.75, 3.05) is 0 Å². The summed E-state index contributed by atoms with van der Waals surface area (Å²) in [6.45, 7) is 0.367. The van der Waals surface area contributed by atoms with Crippen molar-refractivity contribution < 1.29 is 4.74 Å². The third-order valence-corrected chi connectivity index (χ3v) is 4.92. The van der Waals surface area contributed by atoms with Crippen molar-refractivity contribution in [1.29, 1.82) is 0 Å². The smallest absolute Gasteiger partial charge is 0.133 e. The van der Waals surface area contributed by atoms with Crippen molar-refractivity contribution in [2.24, 2.45) is 7.05 Å². The number of aromatic nitrogens is 5. The molecule has 0 spiro atoms. The van der Waals surface area contributed by atoms with Crippen molar-refractivity contribution in [1.82, 2.24) is 25.0 Å². The molecule has 0 aliphatic rings. The zero-order valence-electron chi connectivity index (χ0n) is 16.4. The molecule has 0 bridgehead atoms. The van der Waals surface area contributed by atoms with Crippen LogP contribution in [0, 0.1) is 0 Å². The molecular formula is C24H19N5O. The Morgan fingerprint density at radius 3 is 2.57 bits per heavy atom. The fourth-order valence-corrected chi connectivity index (χ4v) is 3.43. The molecule has 30 heavy (non-hydrogen) atoms. The lowest BCUT2D eigenvalue weighted by Crippen LogP contribution is -1.99. The predicted octanol–water partition coefficient (Wildman–Crippen LogP) is 4.67. The SMILES string of the molecule is Cn1cc(-c2ccnnc2)c(COc2ccc(-c3ccc4ccccc4n3)cc2)n1. The van der Waals surface area contributed by atoms with Gasteiger partial charge >= 0.3 is 0 Å². The quantitative estimate of drug-likeness (QED) is 0.434. The maximum atomic E-state index is 6.00. The second-order valence-electron chi connectivity index (χ2n) is 7.00. The molecule has 0 amide bonds. The molecule has 0 unspecified atom stereocenters. The van der Waals surface area contributed by atoms with Gasteiger partial charge in [0.15, 0.2) is 0 Å². The van der Waals surface area contributed by atoms with Crippen LogP contribution in [-0.2, 0) is 13.7 Å². The van der Waals surface area contributed by atoms with Gasteiger partial charge in [0.05, 0.1) is 23.6 Å². The monoisotopic (exact) mass is 393 g/mol. The van der Waals surface area contributed by atoms with E-state index in [0.717, 1.165) is 44.7 Å². The molecule has 0 aliphatic carbocycles. The van der Waals surface area contributed by atoms with Crippen LogP contribution in [0.5, 0.6) is 5.75 Å². The number of pyridine rings is 1. The minimum Gasteiger partial charge on any atom is -0.487 e. The van der Waals surface area contributed by atoms with E-state index in [2.05, 4.69) is 27.4 Å². The van der Waals surface area contributed by atoms with Crippen molar-refractivity contribution in [3.63, 3.8) is 0 Å². The minimum absolute atomic E-state index is 0.367. The Labute approximate surface area is 173 Å². The van der Waals surface area contributed by atoms with Crippen LogP contribution in [0.4, 0.5) is 0 Å². The lowest BCUT2D eigenvalue weighted by molar-refractivity contribution is 0.300. The lowest BCUT2D eigenvalue weighted by Gasteiger charge is -2.08. The Morgan fingerprint density at radius 2 is 1.73 bits per heavy atom. The number of ether oxygens (including phenoxy) is 1. The van der Waals surface area contributed by atoms with Crippen LogP contribution in [0.3, 0.4) is 0 Å². The molecule has 6 nitrogen and oxygen atoms in total. The van der Waals surface area contributed by atoms with E-state index < -0.39 is 0 Å². The molecule has 5 aromatic rings. The van der Waals surface area contributed by atoms with Crippen LogP contribution >= 0.6 is 0 Å². The Bertz CT molecular complexity index is 1300. The highest BCUT2D eigenvalue weighted by Crippen LogP contribution is 2.25. The summed E-state index contributed by atoms with van der Waals surface area (Å²) in [5.74, 6) is 0.781. The highest BCUT2D eigenvalue weighted by atomic mass is 16.5. The number of hydrogen-bond donors (Lipinski definition) is 0. The molecule has 0 aliphatic heterocycles. The van der Waals surface area contributed by atoms with E-state index in [1.807, 2.05) is 67.8 Å². The largest absolute Gasteiger partial charge is 0.487 e. The van der Waals surface area contributed by atoms with Crippen molar-refractivity contribution in [3.8, 4) is 28.1 Å². The molecule has 2 aromatic carbocycles. The zero-order chi connectivity index (χ0) is 20.3. The number of benzene rings is 2. The molecule has 5 rings (SSSR count). The van der Waals surface area contributed by atoms with Crippen LogP contribution in [0.15, 0.2) is 85.3 Å². The number of hydrogen-bond acceptors (Lipinski definition) is 5. The normalized spacial score (nSPS) is 11.0. The summed E-state index contributed by atoms with van der Waals surface area (Å²) in [5.41, 5.74) is 5.79. The van der Waals surface area contributed by atoms with Gasteiger partial charge in [-0.15, -0.1) is 0 Å². The fraction of sp³-hybridized carbons (Fsp3) is 0.0833. The van der Waals surface area contributed by atoms with E-state index >= 15 is 0 Å². The van der Waals surface area contributed by atoms with Crippen molar-refractivity contribution in [2.45, 2.75) is 6.61 Å². The maximum absolute atomic E-state index is 6.00. The van der Waals surface area contributed by atoms with E-state index in [-0.39, 0.29) is 0 Å². The number of fused-ring (bicyclic) bond motifs is 1. The second-order valence-corrected chi connectivity index (χ2v) is 7.00. The molecule has 0 saturated heterocycles. The Balaban J connectivity index is 1.33. The van der Waals surface area contributed by atoms with E-state index in [0.29, 0.717) is 6.61 Å². The van der Waals surface area contributed by atoms with E-state index in [9.17, 15) is 0 Å². The highest BCUT2D eigenvalue weighted by molar-refractivity contribution is 5.81.